The van der Waals surface area contributed by atoms with Crippen LogP contribution in [0.5, 0.6) is 0 Å². The number of anilines is 1. The molecule has 1 aromatic rings. The number of nitrogens with one attached hydrogen (secondary N) is 1. The van der Waals surface area contributed by atoms with Crippen LogP contribution in [-0.2, 0) is 9.53 Å². The molecule has 2 rings (SSSR count). The van der Waals surface area contributed by atoms with Crippen LogP contribution in [0.25, 0.3) is 0 Å². The molecule has 1 aliphatic rings. The number of ether oxygens (including phenoxy) is 1. The maximum Gasteiger partial charge on any atom is 0.252 e. The molecule has 1 aliphatic carbocycles. The highest BCUT2D eigenvalue weighted by Gasteiger charge is 2.15. The molecule has 0 radical (unpaired) electrons. The van der Waals surface area contributed by atoms with Crippen LogP contribution < -0.4 is 5.32 Å². The predicted octanol–water partition coefficient (Wildman–Crippen LogP) is 2.13. The van der Waals surface area contributed by atoms with Crippen LogP contribution in [0, 0.1) is 6.92 Å². The fourth-order valence-electron chi connectivity index (χ4n) is 1.93. The minimum Gasteiger partial charge on any atom is -0.368 e. The molecule has 1 fully saturated rings. The molecule has 0 aliphatic heterocycles. The summed E-state index contributed by atoms with van der Waals surface area (Å²) in [6, 6.07) is 0. The Labute approximate surface area is 105 Å². The number of rotatable bonds is 4. The van der Waals surface area contributed by atoms with Crippen LogP contribution in [0.3, 0.4) is 0 Å². The van der Waals surface area contributed by atoms with E-state index in [0.29, 0.717) is 5.13 Å². The molecule has 1 N–H and O–H groups in total. The lowest BCUT2D eigenvalue weighted by atomic mass is 9.98. The number of amides is 1. The lowest BCUT2D eigenvalue weighted by Gasteiger charge is -2.21. The molecule has 1 aromatic heterocycles. The lowest BCUT2D eigenvalue weighted by Crippen LogP contribution is -2.24. The number of hydrogen-bond donors (Lipinski definition) is 1. The number of aromatic nitrogens is 2. The quantitative estimate of drug-likeness (QED) is 0.895. The van der Waals surface area contributed by atoms with Gasteiger partial charge in [-0.15, -0.1) is 10.2 Å². The molecule has 5 nitrogen and oxygen atoms in total. The van der Waals surface area contributed by atoms with Gasteiger partial charge in [0.15, 0.2) is 0 Å². The molecule has 0 saturated heterocycles. The Hall–Kier alpha value is -1.01. The first-order valence-corrected chi connectivity index (χ1v) is 6.77. The van der Waals surface area contributed by atoms with E-state index in [1.165, 1.54) is 30.6 Å². The van der Waals surface area contributed by atoms with Gasteiger partial charge in [0.05, 0.1) is 6.10 Å². The predicted molar refractivity (Wildman–Crippen MR) is 66.1 cm³/mol. The largest absolute Gasteiger partial charge is 0.368 e. The molecule has 0 spiro atoms. The van der Waals surface area contributed by atoms with Gasteiger partial charge in [-0.05, 0) is 19.8 Å². The number of aryl methyl sites for hydroxylation is 1. The molecule has 1 saturated carbocycles. The first-order valence-electron chi connectivity index (χ1n) is 5.95. The Bertz CT molecular complexity index is 375. The molecule has 6 heteroatoms. The number of carbonyl (C=O) groups excluding carboxylic acids is 1. The van der Waals surface area contributed by atoms with Crippen molar-refractivity contribution in [2.24, 2.45) is 0 Å². The zero-order valence-electron chi connectivity index (χ0n) is 9.94. The third kappa shape index (κ3) is 4.05. The Morgan fingerprint density at radius 2 is 2.18 bits per heavy atom. The van der Waals surface area contributed by atoms with Crippen molar-refractivity contribution in [3.05, 3.63) is 5.01 Å². The lowest BCUT2D eigenvalue weighted by molar-refractivity contribution is -0.123. The topological polar surface area (TPSA) is 64.1 Å². The SMILES string of the molecule is Cc1nnc(NC(=O)COC2CCCCC2)s1. The monoisotopic (exact) mass is 255 g/mol. The van der Waals surface area contributed by atoms with Gasteiger partial charge in [0.1, 0.15) is 11.6 Å². The van der Waals surface area contributed by atoms with E-state index >= 15 is 0 Å². The van der Waals surface area contributed by atoms with E-state index < -0.39 is 0 Å². The molecular formula is C11H17N3O2S. The van der Waals surface area contributed by atoms with E-state index in [0.717, 1.165) is 17.8 Å². The zero-order valence-corrected chi connectivity index (χ0v) is 10.8. The minimum absolute atomic E-state index is 0.114. The van der Waals surface area contributed by atoms with Crippen molar-refractivity contribution >= 4 is 22.4 Å². The Morgan fingerprint density at radius 1 is 1.41 bits per heavy atom. The molecule has 0 unspecified atom stereocenters. The number of carbonyl (C=O) groups is 1. The van der Waals surface area contributed by atoms with Crippen molar-refractivity contribution in [1.82, 2.24) is 10.2 Å². The van der Waals surface area contributed by atoms with Crippen LogP contribution in [0.2, 0.25) is 0 Å². The van der Waals surface area contributed by atoms with Gasteiger partial charge in [0.2, 0.25) is 5.13 Å². The molecule has 0 aromatic carbocycles. The van der Waals surface area contributed by atoms with Gasteiger partial charge in [0.25, 0.3) is 5.91 Å². The zero-order chi connectivity index (χ0) is 12.1. The highest BCUT2D eigenvalue weighted by molar-refractivity contribution is 7.15. The Kier molecular flexibility index (Phi) is 4.44. The van der Waals surface area contributed by atoms with E-state index in [9.17, 15) is 4.79 Å². The van der Waals surface area contributed by atoms with Crippen LogP contribution in [0.1, 0.15) is 37.1 Å². The van der Waals surface area contributed by atoms with Gasteiger partial charge in [-0.1, -0.05) is 30.6 Å². The highest BCUT2D eigenvalue weighted by Crippen LogP contribution is 2.20. The molecule has 17 heavy (non-hydrogen) atoms. The third-order valence-electron chi connectivity index (χ3n) is 2.77. The number of nitrogens with zero attached hydrogens (tertiary/aromatic N) is 2. The maximum atomic E-state index is 11.6. The van der Waals surface area contributed by atoms with E-state index in [-0.39, 0.29) is 18.6 Å². The van der Waals surface area contributed by atoms with Crippen LogP contribution in [-0.4, -0.2) is 28.8 Å². The van der Waals surface area contributed by atoms with Gasteiger partial charge < -0.3 is 4.74 Å². The van der Waals surface area contributed by atoms with Gasteiger partial charge in [-0.3, -0.25) is 10.1 Å². The van der Waals surface area contributed by atoms with Gasteiger partial charge in [0, 0.05) is 0 Å². The van der Waals surface area contributed by atoms with Crippen LogP contribution >= 0.6 is 11.3 Å². The van der Waals surface area contributed by atoms with Crippen molar-refractivity contribution in [1.29, 1.82) is 0 Å². The molecule has 94 valence electrons. The Balaban J connectivity index is 1.70. The summed E-state index contributed by atoms with van der Waals surface area (Å²) in [5, 5.41) is 11.7. The third-order valence-corrected chi connectivity index (χ3v) is 3.53. The first kappa shape index (κ1) is 12.4. The first-order chi connectivity index (χ1) is 8.24. The van der Waals surface area contributed by atoms with Crippen molar-refractivity contribution < 1.29 is 9.53 Å². The summed E-state index contributed by atoms with van der Waals surface area (Å²) in [6.07, 6.45) is 6.11. The summed E-state index contributed by atoms with van der Waals surface area (Å²) in [5.41, 5.74) is 0. The van der Waals surface area contributed by atoms with Crippen molar-refractivity contribution in [3.63, 3.8) is 0 Å². The minimum atomic E-state index is -0.147. The highest BCUT2D eigenvalue weighted by atomic mass is 32.1. The fourth-order valence-corrected chi connectivity index (χ4v) is 2.54. The Morgan fingerprint density at radius 3 is 2.82 bits per heavy atom. The summed E-state index contributed by atoms with van der Waals surface area (Å²) in [7, 11) is 0. The van der Waals surface area contributed by atoms with Crippen molar-refractivity contribution in [2.75, 3.05) is 11.9 Å². The van der Waals surface area contributed by atoms with E-state index in [1.807, 2.05) is 6.92 Å². The average molecular weight is 255 g/mol. The van der Waals surface area contributed by atoms with Crippen molar-refractivity contribution in [3.8, 4) is 0 Å². The summed E-state index contributed by atoms with van der Waals surface area (Å²) in [4.78, 5) is 11.6. The summed E-state index contributed by atoms with van der Waals surface area (Å²) in [5.74, 6) is -0.147. The second kappa shape index (κ2) is 6.07. The van der Waals surface area contributed by atoms with E-state index in [4.69, 9.17) is 4.74 Å². The van der Waals surface area contributed by atoms with Gasteiger partial charge in [-0.2, -0.15) is 0 Å². The average Bonchev–Trinajstić information content (AvgIpc) is 2.73. The fraction of sp³-hybridized carbons (Fsp3) is 0.727. The van der Waals surface area contributed by atoms with Crippen LogP contribution in [0.15, 0.2) is 0 Å². The number of hydrogen-bond acceptors (Lipinski definition) is 5. The normalized spacial score (nSPS) is 17.0. The summed E-state index contributed by atoms with van der Waals surface area (Å²) < 4.78 is 5.57. The summed E-state index contributed by atoms with van der Waals surface area (Å²) >= 11 is 1.37. The van der Waals surface area contributed by atoms with Crippen molar-refractivity contribution in [2.45, 2.75) is 45.1 Å². The molecule has 1 amide bonds. The maximum absolute atomic E-state index is 11.6. The molecule has 0 atom stereocenters. The van der Waals surface area contributed by atoms with Gasteiger partial charge >= 0.3 is 0 Å². The smallest absolute Gasteiger partial charge is 0.252 e. The summed E-state index contributed by atoms with van der Waals surface area (Å²) in [6.45, 7) is 1.97. The molecule has 1 heterocycles. The van der Waals surface area contributed by atoms with Crippen LogP contribution in [0.4, 0.5) is 5.13 Å². The molecule has 0 bridgehead atoms. The second-order valence-electron chi connectivity index (χ2n) is 4.25. The molecular weight excluding hydrogens is 238 g/mol. The second-order valence-corrected chi connectivity index (χ2v) is 5.43. The standard InChI is InChI=1S/C11H17N3O2S/c1-8-13-14-11(17-8)12-10(15)7-16-9-5-3-2-4-6-9/h9H,2-7H2,1H3,(H,12,14,15). The van der Waals surface area contributed by atoms with E-state index in [2.05, 4.69) is 15.5 Å². The van der Waals surface area contributed by atoms with E-state index in [1.54, 1.807) is 0 Å². The van der Waals surface area contributed by atoms with Gasteiger partial charge in [-0.25, -0.2) is 0 Å².